The Bertz CT molecular complexity index is 590. The lowest BCUT2D eigenvalue weighted by molar-refractivity contribution is -0.133. The van der Waals surface area contributed by atoms with Crippen LogP contribution in [0.3, 0.4) is 0 Å². The number of rotatable bonds is 4. The van der Waals surface area contributed by atoms with Crippen molar-refractivity contribution in [3.63, 3.8) is 0 Å². The first-order chi connectivity index (χ1) is 12.0. The molecule has 5 nitrogen and oxygen atoms in total. The second-order valence-electron chi connectivity index (χ2n) is 7.69. The summed E-state index contributed by atoms with van der Waals surface area (Å²) in [4.78, 5) is 13.3. The highest BCUT2D eigenvalue weighted by molar-refractivity contribution is 5.88. The molecule has 138 valence electrons. The Morgan fingerprint density at radius 1 is 1.16 bits per heavy atom. The first-order valence-corrected chi connectivity index (χ1v) is 9.12. The molecule has 2 aliphatic rings. The lowest BCUT2D eigenvalue weighted by Gasteiger charge is -2.40. The van der Waals surface area contributed by atoms with Gasteiger partial charge < -0.3 is 19.5 Å². The normalized spacial score (nSPS) is 25.2. The molecule has 1 N–H and O–H groups in total. The Kier molecular flexibility index (Phi) is 5.35. The lowest BCUT2D eigenvalue weighted by Crippen LogP contribution is -2.53. The predicted molar refractivity (Wildman–Crippen MR) is 95.9 cm³/mol. The highest BCUT2D eigenvalue weighted by Crippen LogP contribution is 2.36. The lowest BCUT2D eigenvalue weighted by atomic mass is 9.73. The molecule has 0 aliphatic carbocycles. The van der Waals surface area contributed by atoms with E-state index in [-0.39, 0.29) is 17.6 Å². The van der Waals surface area contributed by atoms with E-state index in [1.165, 1.54) is 0 Å². The Hall–Kier alpha value is -1.59. The van der Waals surface area contributed by atoms with E-state index in [1.807, 2.05) is 24.3 Å². The third-order valence-electron chi connectivity index (χ3n) is 5.46. The first-order valence-electron chi connectivity index (χ1n) is 9.12. The number of nitrogens with one attached hydrogen (secondary N) is 1. The van der Waals surface area contributed by atoms with E-state index < -0.39 is 5.41 Å². The topological polar surface area (TPSA) is 56.8 Å². The number of carbonyl (C=O) groups excluding carboxylic acids is 1. The summed E-state index contributed by atoms with van der Waals surface area (Å²) in [6.07, 6.45) is 3.12. The molecule has 2 fully saturated rings. The van der Waals surface area contributed by atoms with Crippen LogP contribution in [0.15, 0.2) is 24.3 Å². The van der Waals surface area contributed by atoms with Crippen molar-refractivity contribution in [3.05, 3.63) is 29.8 Å². The molecule has 1 amide bonds. The van der Waals surface area contributed by atoms with E-state index in [0.717, 1.165) is 24.2 Å². The second kappa shape index (κ2) is 7.34. The van der Waals surface area contributed by atoms with Crippen LogP contribution in [0.1, 0.15) is 45.1 Å². The molecule has 0 aromatic heterocycles. The van der Waals surface area contributed by atoms with Crippen LogP contribution in [-0.2, 0) is 19.7 Å². The maximum atomic E-state index is 13.3. The fraction of sp³-hybridized carbons (Fsp3) is 0.650. The number of amides is 1. The van der Waals surface area contributed by atoms with E-state index in [4.69, 9.17) is 14.2 Å². The number of benzene rings is 1. The molecule has 0 unspecified atom stereocenters. The van der Waals surface area contributed by atoms with Gasteiger partial charge in [-0.3, -0.25) is 4.79 Å². The first kappa shape index (κ1) is 18.2. The molecule has 1 atom stereocenters. The maximum Gasteiger partial charge on any atom is 0.231 e. The molecule has 1 aromatic carbocycles. The smallest absolute Gasteiger partial charge is 0.231 e. The molecular weight excluding hydrogens is 318 g/mol. The summed E-state index contributed by atoms with van der Waals surface area (Å²) in [5.41, 5.74) is 0.340. The van der Waals surface area contributed by atoms with E-state index in [0.29, 0.717) is 32.7 Å². The van der Waals surface area contributed by atoms with Crippen molar-refractivity contribution >= 4 is 5.91 Å². The molecule has 1 aromatic rings. The zero-order valence-electron chi connectivity index (χ0n) is 15.5. The number of methoxy groups -OCH3 is 1. The number of hydrogen-bond acceptors (Lipinski definition) is 4. The Morgan fingerprint density at radius 3 is 2.44 bits per heavy atom. The van der Waals surface area contributed by atoms with Crippen molar-refractivity contribution in [2.75, 3.05) is 26.9 Å². The molecule has 2 aliphatic heterocycles. The number of carbonyl (C=O) groups is 1. The van der Waals surface area contributed by atoms with Crippen molar-refractivity contribution in [2.45, 2.75) is 56.6 Å². The molecule has 0 saturated carbocycles. The van der Waals surface area contributed by atoms with Crippen LogP contribution in [0, 0.1) is 0 Å². The van der Waals surface area contributed by atoms with E-state index in [2.05, 4.69) is 19.2 Å². The van der Waals surface area contributed by atoms with Gasteiger partial charge in [-0.05, 0) is 57.2 Å². The van der Waals surface area contributed by atoms with Crippen LogP contribution >= 0.6 is 0 Å². The quantitative estimate of drug-likeness (QED) is 0.910. The average molecular weight is 347 g/mol. The van der Waals surface area contributed by atoms with Gasteiger partial charge in [0.25, 0.3) is 0 Å². The molecule has 0 radical (unpaired) electrons. The molecule has 3 rings (SSSR count). The zero-order chi connectivity index (χ0) is 17.9. The summed E-state index contributed by atoms with van der Waals surface area (Å²) in [5, 5.41) is 3.31. The van der Waals surface area contributed by atoms with Crippen molar-refractivity contribution in [1.29, 1.82) is 0 Å². The summed E-state index contributed by atoms with van der Waals surface area (Å²) >= 11 is 0. The Morgan fingerprint density at radius 2 is 1.84 bits per heavy atom. The summed E-state index contributed by atoms with van der Waals surface area (Å²) < 4.78 is 16.6. The van der Waals surface area contributed by atoms with Crippen LogP contribution < -0.4 is 10.1 Å². The maximum absolute atomic E-state index is 13.3. The van der Waals surface area contributed by atoms with Crippen LogP contribution in [0.2, 0.25) is 0 Å². The van der Waals surface area contributed by atoms with Gasteiger partial charge >= 0.3 is 0 Å². The third-order valence-corrected chi connectivity index (χ3v) is 5.46. The van der Waals surface area contributed by atoms with Crippen LogP contribution in [0.25, 0.3) is 0 Å². The molecule has 0 bridgehead atoms. The minimum atomic E-state index is -0.521. The van der Waals surface area contributed by atoms with E-state index in [1.54, 1.807) is 7.11 Å². The van der Waals surface area contributed by atoms with E-state index in [9.17, 15) is 4.79 Å². The van der Waals surface area contributed by atoms with Gasteiger partial charge in [0.15, 0.2) is 0 Å². The standard InChI is InChI=1S/C20H29NO4/c1-19(2)14-16(8-11-25-19)21-18(22)20(9-12-24-13-10-20)15-4-6-17(23-3)7-5-15/h4-7,16H,8-14H2,1-3H3,(H,21,22)/t16-/m1/s1. The Balaban J connectivity index is 1.80. The molecule has 25 heavy (non-hydrogen) atoms. The van der Waals surface area contributed by atoms with Gasteiger partial charge in [0.2, 0.25) is 5.91 Å². The van der Waals surface area contributed by atoms with Crippen molar-refractivity contribution < 1.29 is 19.0 Å². The summed E-state index contributed by atoms with van der Waals surface area (Å²) in [6, 6.07) is 8.04. The summed E-state index contributed by atoms with van der Waals surface area (Å²) in [5.74, 6) is 0.918. The highest BCUT2D eigenvalue weighted by Gasteiger charge is 2.43. The molecule has 2 heterocycles. The van der Waals surface area contributed by atoms with Gasteiger partial charge in [-0.25, -0.2) is 0 Å². The second-order valence-corrected chi connectivity index (χ2v) is 7.69. The molecule has 2 saturated heterocycles. The number of ether oxygens (including phenoxy) is 3. The molecular formula is C20H29NO4. The molecule has 5 heteroatoms. The van der Waals surface area contributed by atoms with Gasteiger partial charge in [0.1, 0.15) is 5.75 Å². The van der Waals surface area contributed by atoms with Crippen LogP contribution in [-0.4, -0.2) is 44.5 Å². The summed E-state index contributed by atoms with van der Waals surface area (Å²) in [7, 11) is 1.65. The monoisotopic (exact) mass is 347 g/mol. The Labute approximate surface area is 150 Å². The van der Waals surface area contributed by atoms with Crippen molar-refractivity contribution in [3.8, 4) is 5.75 Å². The molecule has 0 spiro atoms. The van der Waals surface area contributed by atoms with Gasteiger partial charge in [-0.1, -0.05) is 12.1 Å². The van der Waals surface area contributed by atoms with Crippen molar-refractivity contribution in [2.24, 2.45) is 0 Å². The summed E-state index contributed by atoms with van der Waals surface area (Å²) in [6.45, 7) is 6.08. The minimum Gasteiger partial charge on any atom is -0.497 e. The number of hydrogen-bond donors (Lipinski definition) is 1. The fourth-order valence-electron chi connectivity index (χ4n) is 3.96. The van der Waals surface area contributed by atoms with Gasteiger partial charge in [-0.2, -0.15) is 0 Å². The van der Waals surface area contributed by atoms with Crippen LogP contribution in [0.5, 0.6) is 5.75 Å². The van der Waals surface area contributed by atoms with Crippen molar-refractivity contribution in [1.82, 2.24) is 5.32 Å². The average Bonchev–Trinajstić information content (AvgIpc) is 2.61. The largest absolute Gasteiger partial charge is 0.497 e. The van der Waals surface area contributed by atoms with Gasteiger partial charge in [-0.15, -0.1) is 0 Å². The van der Waals surface area contributed by atoms with E-state index >= 15 is 0 Å². The zero-order valence-corrected chi connectivity index (χ0v) is 15.5. The predicted octanol–water partition coefficient (Wildman–Crippen LogP) is 2.82. The fourth-order valence-corrected chi connectivity index (χ4v) is 3.96. The minimum absolute atomic E-state index is 0.115. The third kappa shape index (κ3) is 3.98. The highest BCUT2D eigenvalue weighted by atomic mass is 16.5. The van der Waals surface area contributed by atoms with Gasteiger partial charge in [0.05, 0.1) is 18.1 Å². The SMILES string of the molecule is COc1ccc(C2(C(=O)N[C@@H]3CCOC(C)(C)C3)CCOCC2)cc1. The van der Waals surface area contributed by atoms with Gasteiger partial charge in [0, 0.05) is 25.9 Å². The van der Waals surface area contributed by atoms with Crippen LogP contribution in [0.4, 0.5) is 0 Å².